The molecule has 0 aromatic carbocycles. The lowest BCUT2D eigenvalue weighted by Gasteiger charge is -2.27. The van der Waals surface area contributed by atoms with Crippen molar-refractivity contribution in [2.75, 3.05) is 26.3 Å². The van der Waals surface area contributed by atoms with Gasteiger partial charge in [-0.15, -0.1) is 0 Å². The Morgan fingerprint density at radius 2 is 2.08 bits per heavy atom. The number of nitrogens with zero attached hydrogens (tertiary/aromatic N) is 4. The monoisotopic (exact) mass is 343 g/mol. The van der Waals surface area contributed by atoms with Gasteiger partial charge in [-0.3, -0.25) is 9.69 Å². The summed E-state index contributed by atoms with van der Waals surface area (Å²) in [6.07, 6.45) is 5.49. The molecule has 1 aliphatic heterocycles. The molecule has 2 aromatic heterocycles. The number of rotatable bonds is 4. The second-order valence-electron chi connectivity index (χ2n) is 6.41. The van der Waals surface area contributed by atoms with Gasteiger partial charge in [-0.2, -0.15) is 0 Å². The van der Waals surface area contributed by atoms with Crippen LogP contribution in [-0.2, 0) is 24.1 Å². The van der Waals surface area contributed by atoms with Crippen LogP contribution in [0.3, 0.4) is 0 Å². The number of morpholine rings is 1. The number of carbonyl (C=O) groups excluding carboxylic acids is 1. The minimum atomic E-state index is -0.236. The Morgan fingerprint density at radius 1 is 1.28 bits per heavy atom. The lowest BCUT2D eigenvalue weighted by Crippen LogP contribution is -2.40. The number of hydrogen-bond acceptors (Lipinski definition) is 7. The first-order chi connectivity index (χ1) is 12.3. The summed E-state index contributed by atoms with van der Waals surface area (Å²) in [5.41, 5.74) is 2.11. The highest BCUT2D eigenvalue weighted by Crippen LogP contribution is 2.26. The molecule has 132 valence electrons. The van der Waals surface area contributed by atoms with Gasteiger partial charge in [-0.25, -0.2) is 9.97 Å². The molecule has 1 unspecified atom stereocenters. The number of aryl methyl sites for hydroxylation is 1. The van der Waals surface area contributed by atoms with Crippen LogP contribution in [-0.4, -0.2) is 58.3 Å². The average molecular weight is 343 g/mol. The summed E-state index contributed by atoms with van der Waals surface area (Å²) >= 11 is 0. The molecule has 25 heavy (non-hydrogen) atoms. The molecule has 1 fully saturated rings. The van der Waals surface area contributed by atoms with E-state index in [-0.39, 0.29) is 17.8 Å². The molecule has 1 atom stereocenters. The predicted octanol–water partition coefficient (Wildman–Crippen LogP) is 0.584. The quantitative estimate of drug-likeness (QED) is 0.868. The van der Waals surface area contributed by atoms with Crippen molar-refractivity contribution < 1.29 is 14.1 Å². The number of hydrogen-bond donors (Lipinski definition) is 1. The zero-order chi connectivity index (χ0) is 17.1. The Kier molecular flexibility index (Phi) is 4.71. The molecule has 0 spiro atoms. The van der Waals surface area contributed by atoms with Crippen molar-refractivity contribution in [3.05, 3.63) is 41.3 Å². The molecule has 1 N–H and O–H groups in total. The van der Waals surface area contributed by atoms with Gasteiger partial charge in [0.25, 0.3) is 5.91 Å². The summed E-state index contributed by atoms with van der Waals surface area (Å²) in [4.78, 5) is 22.6. The van der Waals surface area contributed by atoms with E-state index in [2.05, 4.69) is 25.3 Å². The first kappa shape index (κ1) is 16.2. The maximum atomic E-state index is 12.3. The van der Waals surface area contributed by atoms with Gasteiger partial charge in [0.05, 0.1) is 13.2 Å². The zero-order valence-electron chi connectivity index (χ0n) is 14.0. The van der Waals surface area contributed by atoms with Gasteiger partial charge < -0.3 is 14.6 Å². The molecule has 8 heteroatoms. The van der Waals surface area contributed by atoms with E-state index in [1.807, 2.05) is 0 Å². The molecule has 4 rings (SSSR count). The Labute approximate surface area is 145 Å². The largest absolute Gasteiger partial charge is 0.379 e. The summed E-state index contributed by atoms with van der Waals surface area (Å²) in [6, 6.07) is 1.74. The van der Waals surface area contributed by atoms with Crippen LogP contribution in [0.25, 0.3) is 0 Å². The number of ether oxygens (including phenoxy) is 1. The van der Waals surface area contributed by atoms with E-state index in [9.17, 15) is 4.79 Å². The van der Waals surface area contributed by atoms with Crippen molar-refractivity contribution in [1.82, 2.24) is 25.3 Å². The molecule has 8 nitrogen and oxygen atoms in total. The topological polar surface area (TPSA) is 93.4 Å². The van der Waals surface area contributed by atoms with Crippen LogP contribution in [0.4, 0.5) is 0 Å². The van der Waals surface area contributed by atoms with Crippen LogP contribution in [0.5, 0.6) is 0 Å². The number of aromatic nitrogens is 3. The second-order valence-corrected chi connectivity index (χ2v) is 6.41. The Balaban J connectivity index is 1.41. The normalized spacial score (nSPS) is 20.9. The Morgan fingerprint density at radius 3 is 2.88 bits per heavy atom. The van der Waals surface area contributed by atoms with Crippen LogP contribution in [0.1, 0.15) is 34.1 Å². The van der Waals surface area contributed by atoms with Gasteiger partial charge >= 0.3 is 0 Å². The fourth-order valence-electron chi connectivity index (χ4n) is 3.35. The van der Waals surface area contributed by atoms with Gasteiger partial charge in [0.2, 0.25) is 5.82 Å². The van der Waals surface area contributed by atoms with Crippen molar-refractivity contribution in [1.29, 1.82) is 0 Å². The first-order valence-corrected chi connectivity index (χ1v) is 8.64. The number of nitrogens with one attached hydrogen (secondary N) is 1. The van der Waals surface area contributed by atoms with E-state index in [4.69, 9.17) is 9.26 Å². The van der Waals surface area contributed by atoms with Crippen molar-refractivity contribution in [2.24, 2.45) is 0 Å². The third-order valence-corrected chi connectivity index (χ3v) is 4.70. The summed E-state index contributed by atoms with van der Waals surface area (Å²) in [5, 5.41) is 7.30. The summed E-state index contributed by atoms with van der Waals surface area (Å²) in [6.45, 7) is 4.11. The summed E-state index contributed by atoms with van der Waals surface area (Å²) < 4.78 is 10.9. The molecule has 2 aromatic rings. The molecular weight excluding hydrogens is 322 g/mol. The average Bonchev–Trinajstić information content (AvgIpc) is 3.05. The van der Waals surface area contributed by atoms with E-state index in [1.54, 1.807) is 18.5 Å². The van der Waals surface area contributed by atoms with Crippen molar-refractivity contribution in [3.63, 3.8) is 0 Å². The molecule has 0 bridgehead atoms. The summed E-state index contributed by atoms with van der Waals surface area (Å²) in [7, 11) is 0. The van der Waals surface area contributed by atoms with Crippen LogP contribution in [0.2, 0.25) is 0 Å². The van der Waals surface area contributed by atoms with Gasteiger partial charge in [-0.1, -0.05) is 5.16 Å². The van der Waals surface area contributed by atoms with E-state index in [1.165, 1.54) is 0 Å². The highest BCUT2D eigenvalue weighted by atomic mass is 16.5. The third kappa shape index (κ3) is 3.69. The first-order valence-electron chi connectivity index (χ1n) is 8.64. The van der Waals surface area contributed by atoms with E-state index >= 15 is 0 Å². The lowest BCUT2D eigenvalue weighted by molar-refractivity contribution is 0.0331. The predicted molar refractivity (Wildman–Crippen MR) is 87.9 cm³/mol. The standard InChI is InChI=1S/C17H21N5O3/c23-17(16-18-4-1-5-19-16)20-12-2-3-15-13(10-12)14(21-25-15)11-22-6-8-24-9-7-22/h1,4-5,12H,2-3,6-11H2,(H,20,23). The molecular formula is C17H21N5O3. The van der Waals surface area contributed by atoms with Crippen LogP contribution >= 0.6 is 0 Å². The number of carbonyl (C=O) groups is 1. The molecule has 0 radical (unpaired) electrons. The SMILES string of the molecule is O=C(NC1CCc2onc(CN3CCOCC3)c2C1)c1ncccn1. The molecule has 1 aliphatic carbocycles. The second kappa shape index (κ2) is 7.28. The van der Waals surface area contributed by atoms with E-state index < -0.39 is 0 Å². The van der Waals surface area contributed by atoms with E-state index in [0.717, 1.165) is 69.1 Å². The highest BCUT2D eigenvalue weighted by Gasteiger charge is 2.28. The molecule has 2 aliphatic rings. The maximum absolute atomic E-state index is 12.3. The Bertz CT molecular complexity index is 727. The minimum absolute atomic E-state index is 0.0478. The van der Waals surface area contributed by atoms with E-state index in [0.29, 0.717) is 0 Å². The Hall–Kier alpha value is -2.32. The minimum Gasteiger partial charge on any atom is -0.379 e. The fourth-order valence-corrected chi connectivity index (χ4v) is 3.35. The van der Waals surface area contributed by atoms with Crippen LogP contribution in [0.15, 0.2) is 23.0 Å². The van der Waals surface area contributed by atoms with Gasteiger partial charge in [0.1, 0.15) is 11.5 Å². The number of amides is 1. The van der Waals surface area contributed by atoms with Crippen LogP contribution < -0.4 is 5.32 Å². The fraction of sp³-hybridized carbons (Fsp3) is 0.529. The summed E-state index contributed by atoms with van der Waals surface area (Å²) in [5.74, 6) is 0.914. The maximum Gasteiger partial charge on any atom is 0.289 e. The zero-order valence-corrected chi connectivity index (χ0v) is 14.0. The molecule has 1 saturated heterocycles. The lowest BCUT2D eigenvalue weighted by atomic mass is 9.92. The van der Waals surface area contributed by atoms with Gasteiger partial charge in [0.15, 0.2) is 0 Å². The smallest absolute Gasteiger partial charge is 0.289 e. The van der Waals surface area contributed by atoms with Crippen molar-refractivity contribution in [3.8, 4) is 0 Å². The molecule has 3 heterocycles. The van der Waals surface area contributed by atoms with Gasteiger partial charge in [0, 0.05) is 50.1 Å². The van der Waals surface area contributed by atoms with Gasteiger partial charge in [-0.05, 0) is 18.9 Å². The third-order valence-electron chi connectivity index (χ3n) is 4.70. The van der Waals surface area contributed by atoms with Crippen molar-refractivity contribution >= 4 is 5.91 Å². The van der Waals surface area contributed by atoms with Crippen molar-refractivity contribution in [2.45, 2.75) is 31.8 Å². The highest BCUT2D eigenvalue weighted by molar-refractivity contribution is 5.90. The van der Waals surface area contributed by atoms with Crippen LogP contribution in [0, 0.1) is 0 Å². The number of fused-ring (bicyclic) bond motifs is 1. The molecule has 1 amide bonds. The molecule has 0 saturated carbocycles.